The van der Waals surface area contributed by atoms with Gasteiger partial charge in [-0.05, 0) is 49.9 Å². The number of carbonyl (C=O) groups is 1. The van der Waals surface area contributed by atoms with Crippen LogP contribution in [0.5, 0.6) is 5.75 Å². The lowest BCUT2D eigenvalue weighted by Gasteiger charge is -2.13. The third kappa shape index (κ3) is 4.01. The fourth-order valence-electron chi connectivity index (χ4n) is 2.43. The van der Waals surface area contributed by atoms with Crippen molar-refractivity contribution in [1.29, 1.82) is 0 Å². The summed E-state index contributed by atoms with van der Waals surface area (Å²) in [6.45, 7) is 0. The van der Waals surface area contributed by atoms with Crippen molar-refractivity contribution in [2.75, 3.05) is 5.32 Å². The van der Waals surface area contributed by atoms with Crippen molar-refractivity contribution in [2.45, 2.75) is 38.2 Å². The molecule has 1 amide bonds. The van der Waals surface area contributed by atoms with E-state index in [4.69, 9.17) is 4.74 Å². The van der Waals surface area contributed by atoms with E-state index in [2.05, 4.69) is 15.5 Å². The number of anilines is 1. The first-order chi connectivity index (χ1) is 11.1. The number of rotatable bonds is 5. The molecule has 2 aromatic rings. The van der Waals surface area contributed by atoms with Gasteiger partial charge in [0, 0.05) is 5.56 Å². The van der Waals surface area contributed by atoms with E-state index in [-0.39, 0.29) is 11.2 Å². The lowest BCUT2D eigenvalue weighted by molar-refractivity contribution is 0.102. The summed E-state index contributed by atoms with van der Waals surface area (Å²) in [4.78, 5) is 12.0. The quantitative estimate of drug-likeness (QED) is 0.892. The number of nitrogens with zero attached hydrogens (tertiary/aromatic N) is 2. The van der Waals surface area contributed by atoms with Crippen molar-refractivity contribution in [3.05, 3.63) is 34.8 Å². The maximum absolute atomic E-state index is 12.4. The normalized spacial score (nSPS) is 15.1. The lowest BCUT2D eigenvalue weighted by atomic mass is 10.2. The highest BCUT2D eigenvalue weighted by molar-refractivity contribution is 7.15. The molecule has 1 aliphatic carbocycles. The van der Waals surface area contributed by atoms with Crippen molar-refractivity contribution in [3.8, 4) is 5.75 Å². The van der Waals surface area contributed by atoms with Gasteiger partial charge in [-0.15, -0.1) is 10.2 Å². The number of nitrogens with one attached hydrogen (secondary N) is 1. The Morgan fingerprint density at radius 2 is 1.91 bits per heavy atom. The van der Waals surface area contributed by atoms with Crippen LogP contribution < -0.4 is 10.1 Å². The highest BCUT2D eigenvalue weighted by atomic mass is 32.1. The SMILES string of the molecule is O=C(Nc1nnc(C(F)F)s1)c1ccc(OC2CCCC2)cc1. The average molecular weight is 339 g/mol. The van der Waals surface area contributed by atoms with Crippen molar-refractivity contribution in [1.82, 2.24) is 10.2 Å². The minimum absolute atomic E-state index is 0.0524. The molecule has 0 bridgehead atoms. The van der Waals surface area contributed by atoms with Gasteiger partial charge in [0.25, 0.3) is 12.3 Å². The molecule has 122 valence electrons. The first kappa shape index (κ1) is 15.8. The van der Waals surface area contributed by atoms with Gasteiger partial charge in [0.2, 0.25) is 5.13 Å². The second kappa shape index (κ2) is 6.99. The number of ether oxygens (including phenoxy) is 1. The van der Waals surface area contributed by atoms with Gasteiger partial charge in [-0.1, -0.05) is 11.3 Å². The van der Waals surface area contributed by atoms with Crippen molar-refractivity contribution in [2.24, 2.45) is 0 Å². The van der Waals surface area contributed by atoms with Crippen LogP contribution in [0.1, 0.15) is 47.5 Å². The molecule has 1 N–H and O–H groups in total. The molecule has 8 heteroatoms. The first-order valence-corrected chi connectivity index (χ1v) is 8.13. The van der Waals surface area contributed by atoms with Gasteiger partial charge >= 0.3 is 0 Å². The smallest absolute Gasteiger partial charge is 0.291 e. The predicted molar refractivity (Wildman–Crippen MR) is 82.1 cm³/mol. The molecule has 1 aromatic heterocycles. The van der Waals surface area contributed by atoms with Gasteiger partial charge in [0.15, 0.2) is 5.01 Å². The standard InChI is InChI=1S/C15H15F2N3O2S/c16-12(17)14-19-20-15(23-14)18-13(21)9-5-7-11(8-6-9)22-10-3-1-2-4-10/h5-8,10,12H,1-4H2,(H,18,20,21). The molecule has 0 aliphatic heterocycles. The Kier molecular flexibility index (Phi) is 4.80. The van der Waals surface area contributed by atoms with Gasteiger partial charge in [0.05, 0.1) is 6.10 Å². The number of alkyl halides is 2. The van der Waals surface area contributed by atoms with Crippen LogP contribution in [-0.4, -0.2) is 22.2 Å². The molecular formula is C15H15F2N3O2S. The third-order valence-corrected chi connectivity index (χ3v) is 4.42. The van der Waals surface area contributed by atoms with Gasteiger partial charge in [-0.25, -0.2) is 8.78 Å². The minimum Gasteiger partial charge on any atom is -0.490 e. The molecule has 1 saturated carbocycles. The number of carbonyl (C=O) groups excluding carboxylic acids is 1. The molecule has 0 radical (unpaired) electrons. The second-order valence-electron chi connectivity index (χ2n) is 5.25. The fourth-order valence-corrected chi connectivity index (χ4v) is 3.02. The first-order valence-electron chi connectivity index (χ1n) is 7.31. The largest absolute Gasteiger partial charge is 0.490 e. The van der Waals surface area contributed by atoms with Gasteiger partial charge in [-0.2, -0.15) is 0 Å². The lowest BCUT2D eigenvalue weighted by Crippen LogP contribution is -2.13. The number of benzene rings is 1. The maximum Gasteiger partial charge on any atom is 0.291 e. The molecular weight excluding hydrogens is 324 g/mol. The summed E-state index contributed by atoms with van der Waals surface area (Å²) in [7, 11) is 0. The predicted octanol–water partition coefficient (Wildman–Crippen LogP) is 4.05. The molecule has 3 rings (SSSR count). The van der Waals surface area contributed by atoms with Crippen LogP contribution in [0.4, 0.5) is 13.9 Å². The summed E-state index contributed by atoms with van der Waals surface area (Å²) in [5.41, 5.74) is 0.401. The van der Waals surface area contributed by atoms with E-state index in [0.29, 0.717) is 16.9 Å². The topological polar surface area (TPSA) is 64.1 Å². The summed E-state index contributed by atoms with van der Waals surface area (Å²) >= 11 is 0.660. The maximum atomic E-state index is 12.4. The zero-order chi connectivity index (χ0) is 16.2. The van der Waals surface area contributed by atoms with Crippen LogP contribution in [0.15, 0.2) is 24.3 Å². The Labute approximate surface area is 135 Å². The Balaban J connectivity index is 1.60. The highest BCUT2D eigenvalue weighted by Gasteiger charge is 2.18. The number of amides is 1. The van der Waals surface area contributed by atoms with Crippen molar-refractivity contribution in [3.63, 3.8) is 0 Å². The molecule has 1 aromatic carbocycles. The monoisotopic (exact) mass is 339 g/mol. The van der Waals surface area contributed by atoms with Crippen LogP contribution >= 0.6 is 11.3 Å². The molecule has 1 heterocycles. The van der Waals surface area contributed by atoms with Crippen molar-refractivity contribution >= 4 is 22.4 Å². The van der Waals surface area contributed by atoms with Crippen LogP contribution in [-0.2, 0) is 0 Å². The molecule has 0 atom stereocenters. The highest BCUT2D eigenvalue weighted by Crippen LogP contribution is 2.26. The zero-order valence-corrected chi connectivity index (χ0v) is 13.0. The van der Waals surface area contributed by atoms with Crippen LogP contribution in [0, 0.1) is 0 Å². The second-order valence-corrected chi connectivity index (χ2v) is 6.26. The van der Waals surface area contributed by atoms with E-state index in [1.165, 1.54) is 12.8 Å². The van der Waals surface area contributed by atoms with E-state index in [9.17, 15) is 13.6 Å². The van der Waals surface area contributed by atoms with Crippen molar-refractivity contribution < 1.29 is 18.3 Å². The van der Waals surface area contributed by atoms with E-state index in [1.807, 2.05) is 0 Å². The minimum atomic E-state index is -2.69. The van der Waals surface area contributed by atoms with Crippen LogP contribution in [0.2, 0.25) is 0 Å². The molecule has 0 saturated heterocycles. The Hall–Kier alpha value is -2.09. The summed E-state index contributed by atoms with van der Waals surface area (Å²) in [5.74, 6) is 0.304. The zero-order valence-electron chi connectivity index (χ0n) is 12.2. The van der Waals surface area contributed by atoms with Gasteiger partial charge < -0.3 is 4.74 Å². The van der Waals surface area contributed by atoms with E-state index >= 15 is 0 Å². The number of halogens is 2. The molecule has 1 aliphatic rings. The molecule has 23 heavy (non-hydrogen) atoms. The Morgan fingerprint density at radius 1 is 1.22 bits per heavy atom. The summed E-state index contributed by atoms with van der Waals surface area (Å²) in [6.07, 6.45) is 2.06. The van der Waals surface area contributed by atoms with Crippen LogP contribution in [0.25, 0.3) is 0 Å². The Morgan fingerprint density at radius 3 is 2.52 bits per heavy atom. The average Bonchev–Trinajstić information content (AvgIpc) is 3.19. The van der Waals surface area contributed by atoms with E-state index in [0.717, 1.165) is 18.6 Å². The fraction of sp³-hybridized carbons (Fsp3) is 0.400. The summed E-state index contributed by atoms with van der Waals surface area (Å²) in [6, 6.07) is 6.74. The molecule has 0 spiro atoms. The number of aromatic nitrogens is 2. The van der Waals surface area contributed by atoms with Gasteiger partial charge in [-0.3, -0.25) is 10.1 Å². The number of hydrogen-bond donors (Lipinski definition) is 1. The summed E-state index contributed by atoms with van der Waals surface area (Å²) < 4.78 is 30.7. The van der Waals surface area contributed by atoms with E-state index in [1.54, 1.807) is 24.3 Å². The summed E-state index contributed by atoms with van der Waals surface area (Å²) in [5, 5.41) is 8.93. The molecule has 5 nitrogen and oxygen atoms in total. The van der Waals surface area contributed by atoms with Crippen LogP contribution in [0.3, 0.4) is 0 Å². The molecule has 1 fully saturated rings. The van der Waals surface area contributed by atoms with E-state index < -0.39 is 17.3 Å². The molecule has 0 unspecified atom stereocenters. The van der Waals surface area contributed by atoms with Gasteiger partial charge in [0.1, 0.15) is 5.75 Å². The third-order valence-electron chi connectivity index (χ3n) is 3.57. The number of hydrogen-bond acceptors (Lipinski definition) is 5. The Bertz CT molecular complexity index is 670.